The average molecular weight is 499 g/mol. The number of aromatic nitrogens is 2. The van der Waals surface area contributed by atoms with Gasteiger partial charge in [-0.05, 0) is 43.2 Å². The van der Waals surface area contributed by atoms with E-state index in [9.17, 15) is 18.5 Å². The summed E-state index contributed by atoms with van der Waals surface area (Å²) in [5.74, 6) is 0.268. The van der Waals surface area contributed by atoms with Crippen molar-refractivity contribution in [1.29, 1.82) is 5.26 Å². The molecule has 0 unspecified atom stereocenters. The number of ether oxygens (including phenoxy) is 2. The van der Waals surface area contributed by atoms with E-state index in [4.69, 9.17) is 9.47 Å². The first-order valence-electron chi connectivity index (χ1n) is 10.1. The maximum Gasteiger partial charge on any atom is 0.268 e. The van der Waals surface area contributed by atoms with Gasteiger partial charge in [-0.15, -0.1) is 0 Å². The van der Waals surface area contributed by atoms with E-state index in [0.29, 0.717) is 41.8 Å². The number of amides is 1. The molecule has 9 nitrogen and oxygen atoms in total. The molecule has 0 saturated carbocycles. The molecule has 1 aromatic heterocycles. The molecule has 0 aliphatic carbocycles. The number of sulfone groups is 1. The average Bonchev–Trinajstić information content (AvgIpc) is 3.27. The Morgan fingerprint density at radius 2 is 1.91 bits per heavy atom. The first-order chi connectivity index (χ1) is 16.2. The van der Waals surface area contributed by atoms with Crippen LogP contribution >= 0.6 is 11.5 Å². The van der Waals surface area contributed by atoms with Crippen LogP contribution in [0.2, 0.25) is 0 Å². The Kier molecular flexibility index (Phi) is 7.99. The van der Waals surface area contributed by atoms with Gasteiger partial charge in [0.25, 0.3) is 11.1 Å². The van der Waals surface area contributed by atoms with Crippen LogP contribution in [-0.4, -0.2) is 36.5 Å². The Hall–Kier alpha value is -3.75. The molecule has 3 aromatic rings. The maximum absolute atomic E-state index is 12.5. The summed E-state index contributed by atoms with van der Waals surface area (Å²) >= 11 is 0.709. The van der Waals surface area contributed by atoms with Gasteiger partial charge in [0.15, 0.2) is 11.5 Å². The van der Waals surface area contributed by atoms with Gasteiger partial charge in [-0.3, -0.25) is 10.1 Å². The second kappa shape index (κ2) is 10.9. The number of anilines is 1. The van der Waals surface area contributed by atoms with Gasteiger partial charge in [-0.2, -0.15) is 14.6 Å². The second-order valence-electron chi connectivity index (χ2n) is 7.19. The van der Waals surface area contributed by atoms with Crippen LogP contribution in [0.4, 0.5) is 5.13 Å². The third-order valence-corrected chi connectivity index (χ3v) is 6.01. The van der Waals surface area contributed by atoms with E-state index in [1.54, 1.807) is 18.2 Å². The van der Waals surface area contributed by atoms with E-state index < -0.39 is 20.9 Å². The van der Waals surface area contributed by atoms with Crippen molar-refractivity contribution in [2.75, 3.05) is 18.2 Å². The Balaban J connectivity index is 1.77. The summed E-state index contributed by atoms with van der Waals surface area (Å²) < 4.78 is 38.3. The summed E-state index contributed by atoms with van der Waals surface area (Å²) in [7, 11) is -3.60. The van der Waals surface area contributed by atoms with Gasteiger partial charge < -0.3 is 9.47 Å². The summed E-state index contributed by atoms with van der Waals surface area (Å²) in [6.45, 7) is 4.62. The molecule has 34 heavy (non-hydrogen) atoms. The molecule has 11 heteroatoms. The summed E-state index contributed by atoms with van der Waals surface area (Å²) in [5.41, 5.74) is 2.52. The monoisotopic (exact) mass is 498 g/mol. The molecule has 176 valence electrons. The largest absolute Gasteiger partial charge is 0.490 e. The lowest BCUT2D eigenvalue weighted by Gasteiger charge is -2.13. The Labute approximate surface area is 201 Å². The lowest BCUT2D eigenvalue weighted by Crippen LogP contribution is -2.13. The number of nitriles is 1. The SMILES string of the molecule is CCOc1cc(/C=C(/C#N)C(=O)Nc2nc(S(C)(=O)=O)ns2)ccc1OCc1ccc(C)cc1. The highest BCUT2D eigenvalue weighted by Crippen LogP contribution is 2.30. The number of hydrogen-bond donors (Lipinski definition) is 1. The number of nitrogens with zero attached hydrogens (tertiary/aromatic N) is 3. The van der Waals surface area contributed by atoms with E-state index in [1.807, 2.05) is 44.2 Å². The van der Waals surface area contributed by atoms with Gasteiger partial charge in [0.2, 0.25) is 15.0 Å². The lowest BCUT2D eigenvalue weighted by atomic mass is 10.1. The number of hydrogen-bond acceptors (Lipinski definition) is 9. The zero-order chi connectivity index (χ0) is 24.7. The quantitative estimate of drug-likeness (QED) is 0.348. The van der Waals surface area contributed by atoms with Crippen molar-refractivity contribution in [2.24, 2.45) is 0 Å². The van der Waals surface area contributed by atoms with Crippen LogP contribution in [0.15, 0.2) is 53.2 Å². The molecule has 3 rings (SSSR count). The summed E-state index contributed by atoms with van der Waals surface area (Å²) in [6.07, 6.45) is 2.35. The minimum Gasteiger partial charge on any atom is -0.490 e. The predicted octanol–water partition coefficient (Wildman–Crippen LogP) is 3.77. The van der Waals surface area contributed by atoms with Crippen LogP contribution in [-0.2, 0) is 21.2 Å². The third-order valence-electron chi connectivity index (χ3n) is 4.42. The fraction of sp³-hybridized carbons (Fsp3) is 0.217. The lowest BCUT2D eigenvalue weighted by molar-refractivity contribution is -0.112. The summed E-state index contributed by atoms with van der Waals surface area (Å²) in [6, 6.07) is 14.9. The van der Waals surface area contributed by atoms with Crippen LogP contribution in [0.25, 0.3) is 6.08 Å². The molecule has 0 spiro atoms. The number of carbonyl (C=O) groups is 1. The van der Waals surface area contributed by atoms with Crippen LogP contribution in [0, 0.1) is 18.3 Å². The van der Waals surface area contributed by atoms with E-state index >= 15 is 0 Å². The van der Waals surface area contributed by atoms with Gasteiger partial charge in [-0.1, -0.05) is 35.9 Å². The summed E-state index contributed by atoms with van der Waals surface area (Å²) in [4.78, 5) is 16.3. The van der Waals surface area contributed by atoms with Gasteiger partial charge in [-0.25, -0.2) is 8.42 Å². The minimum atomic E-state index is -3.60. The molecule has 1 amide bonds. The molecule has 0 fully saturated rings. The number of benzene rings is 2. The standard InChI is InChI=1S/C23H22N4O5S2/c1-4-31-20-12-17(9-10-19(20)32-14-16-7-5-15(2)6-8-16)11-18(13-24)21(28)25-22-26-23(27-33-22)34(3,29)30/h5-12H,4,14H2,1-3H3,(H,25,26,27,28)/b18-11-. The normalized spacial score (nSPS) is 11.5. The summed E-state index contributed by atoms with van der Waals surface area (Å²) in [5, 5.41) is 11.4. The molecule has 0 aliphatic rings. The zero-order valence-electron chi connectivity index (χ0n) is 18.7. The molecule has 0 atom stereocenters. The van der Waals surface area contributed by atoms with Crippen molar-refractivity contribution >= 4 is 38.5 Å². The first kappa shape index (κ1) is 24.9. The van der Waals surface area contributed by atoms with E-state index in [0.717, 1.165) is 17.4 Å². The number of carbonyl (C=O) groups excluding carboxylic acids is 1. The molecule has 0 radical (unpaired) electrons. The molecule has 2 aromatic carbocycles. The van der Waals surface area contributed by atoms with Gasteiger partial charge in [0.1, 0.15) is 18.2 Å². The predicted molar refractivity (Wildman–Crippen MR) is 128 cm³/mol. The highest BCUT2D eigenvalue weighted by Gasteiger charge is 2.18. The third kappa shape index (κ3) is 6.63. The molecule has 1 N–H and O–H groups in total. The van der Waals surface area contributed by atoms with Crippen molar-refractivity contribution < 1.29 is 22.7 Å². The highest BCUT2D eigenvalue weighted by molar-refractivity contribution is 7.90. The molecule has 0 saturated heterocycles. The van der Waals surface area contributed by atoms with Crippen molar-refractivity contribution in [3.05, 3.63) is 64.7 Å². The van der Waals surface area contributed by atoms with Crippen LogP contribution < -0.4 is 14.8 Å². The number of rotatable bonds is 9. The van der Waals surface area contributed by atoms with Gasteiger partial charge in [0, 0.05) is 17.8 Å². The smallest absolute Gasteiger partial charge is 0.268 e. The second-order valence-corrected chi connectivity index (χ2v) is 9.85. The van der Waals surface area contributed by atoms with Crippen molar-refractivity contribution in [2.45, 2.75) is 25.6 Å². The molecular formula is C23H22N4O5S2. The molecular weight excluding hydrogens is 476 g/mol. The van der Waals surface area contributed by atoms with E-state index in [1.165, 1.54) is 6.08 Å². The Bertz CT molecular complexity index is 1360. The fourth-order valence-corrected chi connectivity index (χ4v) is 4.18. The molecule has 1 heterocycles. The fourth-order valence-electron chi connectivity index (χ4n) is 2.74. The number of nitrogens with one attached hydrogen (secondary N) is 1. The molecule has 0 bridgehead atoms. The van der Waals surface area contributed by atoms with Crippen molar-refractivity contribution in [3.63, 3.8) is 0 Å². The van der Waals surface area contributed by atoms with E-state index in [-0.39, 0.29) is 10.7 Å². The van der Waals surface area contributed by atoms with Crippen molar-refractivity contribution in [1.82, 2.24) is 9.36 Å². The van der Waals surface area contributed by atoms with Crippen LogP contribution in [0.3, 0.4) is 0 Å². The zero-order valence-corrected chi connectivity index (χ0v) is 20.4. The van der Waals surface area contributed by atoms with Crippen LogP contribution in [0.5, 0.6) is 11.5 Å². The topological polar surface area (TPSA) is 131 Å². The Morgan fingerprint density at radius 1 is 1.18 bits per heavy atom. The molecule has 0 aliphatic heterocycles. The Morgan fingerprint density at radius 3 is 2.53 bits per heavy atom. The highest BCUT2D eigenvalue weighted by atomic mass is 32.2. The van der Waals surface area contributed by atoms with Gasteiger partial charge >= 0.3 is 0 Å². The van der Waals surface area contributed by atoms with Crippen LogP contribution in [0.1, 0.15) is 23.6 Å². The van der Waals surface area contributed by atoms with Crippen molar-refractivity contribution in [3.8, 4) is 17.6 Å². The minimum absolute atomic E-state index is 0.0264. The maximum atomic E-state index is 12.5. The van der Waals surface area contributed by atoms with Gasteiger partial charge in [0.05, 0.1) is 6.61 Å². The van der Waals surface area contributed by atoms with E-state index in [2.05, 4.69) is 14.7 Å². The number of aryl methyl sites for hydroxylation is 1. The first-order valence-corrected chi connectivity index (χ1v) is 12.8.